The average Bonchev–Trinajstić information content (AvgIpc) is 1.78. The Morgan fingerprint density at radius 1 is 1.40 bits per heavy atom. The van der Waals surface area contributed by atoms with Gasteiger partial charge in [-0.1, -0.05) is 13.3 Å². The third-order valence-corrected chi connectivity index (χ3v) is 1.26. The van der Waals surface area contributed by atoms with Gasteiger partial charge in [0.05, 0.1) is 0 Å². The van der Waals surface area contributed by atoms with Gasteiger partial charge in [0.2, 0.25) is 0 Å². The van der Waals surface area contributed by atoms with E-state index in [1.54, 1.807) is 0 Å². The van der Waals surface area contributed by atoms with Crippen molar-refractivity contribution in [1.82, 2.24) is 5.48 Å². The van der Waals surface area contributed by atoms with Crippen molar-refractivity contribution in [3.63, 3.8) is 0 Å². The van der Waals surface area contributed by atoms with Gasteiger partial charge in [-0.15, -0.1) is 0 Å². The van der Waals surface area contributed by atoms with Crippen LogP contribution in [0.3, 0.4) is 0 Å². The van der Waals surface area contributed by atoms with Crippen LogP contribution in [0.1, 0.15) is 19.8 Å². The maximum atomic E-state index is 8.28. The summed E-state index contributed by atoms with van der Waals surface area (Å²) in [5.74, 6) is 0. The van der Waals surface area contributed by atoms with E-state index < -0.39 is 9.05 Å². The van der Waals surface area contributed by atoms with Crippen LogP contribution in [0.2, 0.25) is 0 Å². The normalized spacial score (nSPS) is 12.0. The second kappa shape index (κ2) is 4.77. The molecule has 0 amide bonds. The molecule has 4 N–H and O–H groups in total. The minimum atomic E-state index is -4.32. The molecule has 6 heteroatoms. The van der Waals surface area contributed by atoms with Gasteiger partial charge in [-0.05, 0) is 6.42 Å². The molecule has 62 valence electrons. The van der Waals surface area contributed by atoms with Gasteiger partial charge < -0.3 is 14.4 Å². The van der Waals surface area contributed by atoms with Gasteiger partial charge in [-0.25, -0.2) is 5.48 Å². The zero-order valence-electron chi connectivity index (χ0n) is 5.87. The number of nitrogens with one attached hydrogen (secondary N) is 1. The Kier molecular flexibility index (Phi) is 4.78. The van der Waals surface area contributed by atoms with Gasteiger partial charge in [-0.3, -0.25) is 4.53 Å². The molecule has 0 heterocycles. The minimum absolute atomic E-state index is 0.507. The highest BCUT2D eigenvalue weighted by atomic mass is 28.4. The molecule has 0 aliphatic heterocycles. The molecule has 0 aromatic carbocycles. The highest BCUT2D eigenvalue weighted by Gasteiger charge is 2.30. The van der Waals surface area contributed by atoms with Gasteiger partial charge in [0.15, 0.2) is 0 Å². The number of rotatable bonds is 5. The lowest BCUT2D eigenvalue weighted by Crippen LogP contribution is -2.44. The molecule has 0 bridgehead atoms. The Labute approximate surface area is 60.7 Å². The summed E-state index contributed by atoms with van der Waals surface area (Å²) in [4.78, 5) is 24.8. The van der Waals surface area contributed by atoms with Crippen LogP contribution in [0.5, 0.6) is 0 Å². The lowest BCUT2D eigenvalue weighted by molar-refractivity contribution is 0.0144. The van der Waals surface area contributed by atoms with E-state index in [0.717, 1.165) is 12.8 Å². The van der Waals surface area contributed by atoms with Crippen molar-refractivity contribution >= 4 is 9.05 Å². The maximum absolute atomic E-state index is 8.28. The predicted octanol–water partition coefficient (Wildman–Crippen LogP) is -1.28. The van der Waals surface area contributed by atoms with Gasteiger partial charge in [0.25, 0.3) is 0 Å². The van der Waals surface area contributed by atoms with Crippen LogP contribution >= 0.6 is 0 Å². The van der Waals surface area contributed by atoms with Crippen molar-refractivity contribution in [2.75, 3.05) is 6.54 Å². The summed E-state index contributed by atoms with van der Waals surface area (Å²) in [6.45, 7) is 2.50. The van der Waals surface area contributed by atoms with Crippen LogP contribution in [0.4, 0.5) is 0 Å². The molecule has 0 unspecified atom stereocenters. The lowest BCUT2D eigenvalue weighted by atomic mass is 10.3. The average molecular weight is 167 g/mol. The zero-order valence-corrected chi connectivity index (χ0v) is 6.87. The number of hydrogen-bond donors (Lipinski definition) is 4. The molecule has 0 aromatic heterocycles. The van der Waals surface area contributed by atoms with Crippen molar-refractivity contribution in [3.8, 4) is 0 Å². The Morgan fingerprint density at radius 3 is 2.40 bits per heavy atom. The molecule has 0 aliphatic carbocycles. The summed E-state index contributed by atoms with van der Waals surface area (Å²) in [6.07, 6.45) is 1.84. The van der Waals surface area contributed by atoms with E-state index in [1.165, 1.54) is 0 Å². The molecular formula is C4H13NO4Si. The molecule has 0 fully saturated rings. The highest BCUT2D eigenvalue weighted by molar-refractivity contribution is 6.48. The Hall–Kier alpha value is 0.0169. The van der Waals surface area contributed by atoms with Gasteiger partial charge >= 0.3 is 9.05 Å². The number of unbranched alkanes of at least 4 members (excludes halogenated alkanes) is 1. The Bertz CT molecular complexity index is 83.8. The van der Waals surface area contributed by atoms with Crippen molar-refractivity contribution < 1.29 is 18.9 Å². The Morgan fingerprint density at radius 2 is 2.00 bits per heavy atom. The molecular weight excluding hydrogens is 154 g/mol. The van der Waals surface area contributed by atoms with Crippen molar-refractivity contribution in [2.24, 2.45) is 0 Å². The van der Waals surface area contributed by atoms with E-state index in [-0.39, 0.29) is 0 Å². The summed E-state index contributed by atoms with van der Waals surface area (Å²) >= 11 is 0. The van der Waals surface area contributed by atoms with Crippen LogP contribution in [0, 0.1) is 0 Å². The topological polar surface area (TPSA) is 82.0 Å². The number of hydrogen-bond acceptors (Lipinski definition) is 5. The zero-order chi connectivity index (χ0) is 8.04. The summed E-state index contributed by atoms with van der Waals surface area (Å²) in [5, 5.41) is 0. The van der Waals surface area contributed by atoms with Crippen LogP contribution in [-0.4, -0.2) is 30.0 Å². The molecule has 0 saturated carbocycles. The van der Waals surface area contributed by atoms with E-state index in [2.05, 4.69) is 10.0 Å². The molecule has 5 nitrogen and oxygen atoms in total. The van der Waals surface area contributed by atoms with Crippen molar-refractivity contribution in [1.29, 1.82) is 0 Å². The van der Waals surface area contributed by atoms with E-state index in [9.17, 15) is 0 Å². The van der Waals surface area contributed by atoms with Gasteiger partial charge in [0.1, 0.15) is 0 Å². The van der Waals surface area contributed by atoms with Crippen LogP contribution in [0.25, 0.3) is 0 Å². The van der Waals surface area contributed by atoms with Crippen LogP contribution in [-0.2, 0) is 4.53 Å². The monoisotopic (exact) mass is 167 g/mol. The highest BCUT2D eigenvalue weighted by Crippen LogP contribution is 1.86. The first-order chi connectivity index (χ1) is 4.56. The second-order valence-corrected chi connectivity index (χ2v) is 3.28. The maximum Gasteiger partial charge on any atom is 0.688 e. The van der Waals surface area contributed by atoms with Gasteiger partial charge in [0, 0.05) is 6.54 Å². The van der Waals surface area contributed by atoms with Crippen LogP contribution < -0.4 is 5.48 Å². The van der Waals surface area contributed by atoms with Gasteiger partial charge in [-0.2, -0.15) is 0 Å². The second-order valence-electron chi connectivity index (χ2n) is 1.92. The predicted molar refractivity (Wildman–Crippen MR) is 36.4 cm³/mol. The van der Waals surface area contributed by atoms with Crippen LogP contribution in [0.15, 0.2) is 0 Å². The molecule has 0 aliphatic rings. The fourth-order valence-corrected chi connectivity index (χ4v) is 0.693. The molecule has 0 saturated heterocycles. The fourth-order valence-electron chi connectivity index (χ4n) is 0.397. The lowest BCUT2D eigenvalue weighted by Gasteiger charge is -2.09. The largest absolute Gasteiger partial charge is 0.688 e. The molecule has 0 atom stereocenters. The molecule has 0 rings (SSSR count). The third kappa shape index (κ3) is 8.02. The third-order valence-electron chi connectivity index (χ3n) is 0.841. The fraction of sp³-hybridized carbons (Fsp3) is 1.00. The minimum Gasteiger partial charge on any atom is -0.367 e. The van der Waals surface area contributed by atoms with E-state index >= 15 is 0 Å². The summed E-state index contributed by atoms with van der Waals surface area (Å²) < 4.78 is 4.09. The summed E-state index contributed by atoms with van der Waals surface area (Å²) in [6, 6.07) is 0. The summed E-state index contributed by atoms with van der Waals surface area (Å²) in [5.41, 5.74) is 2.24. The molecule has 10 heavy (non-hydrogen) atoms. The summed E-state index contributed by atoms with van der Waals surface area (Å²) in [7, 11) is -4.32. The first kappa shape index (κ1) is 10.0. The molecule has 0 aromatic rings. The molecule has 0 spiro atoms. The first-order valence-electron chi connectivity index (χ1n) is 3.14. The standard InChI is InChI=1S/C4H13NO4Si/c1-2-3-4-5-9-10(6,7)8/h5-8H,2-4H2,1H3. The van der Waals surface area contributed by atoms with Crippen molar-refractivity contribution in [2.45, 2.75) is 19.8 Å². The smallest absolute Gasteiger partial charge is 0.367 e. The van der Waals surface area contributed by atoms with E-state index in [4.69, 9.17) is 14.4 Å². The number of hydroxylamine groups is 1. The van der Waals surface area contributed by atoms with E-state index in [1.807, 2.05) is 6.92 Å². The SMILES string of the molecule is CCCCNO[Si](O)(O)O. The molecule has 0 radical (unpaired) electrons. The van der Waals surface area contributed by atoms with Crippen molar-refractivity contribution in [3.05, 3.63) is 0 Å². The quantitative estimate of drug-likeness (QED) is 0.233. The van der Waals surface area contributed by atoms with E-state index in [0.29, 0.717) is 6.54 Å². The first-order valence-corrected chi connectivity index (χ1v) is 4.89. The Balaban J connectivity index is 3.04.